The first-order valence-electron chi connectivity index (χ1n) is 5.53. The van der Waals surface area contributed by atoms with Crippen molar-refractivity contribution in [2.24, 2.45) is 0 Å². The van der Waals surface area contributed by atoms with Crippen molar-refractivity contribution in [3.63, 3.8) is 0 Å². The normalized spacial score (nSPS) is 10.4. The van der Waals surface area contributed by atoms with Crippen LogP contribution in [0.5, 0.6) is 0 Å². The summed E-state index contributed by atoms with van der Waals surface area (Å²) in [5, 5.41) is 10.6. The number of carboxylic acid groups (broad SMARTS) is 1. The second-order valence-corrected chi connectivity index (χ2v) is 4.75. The number of imidazole rings is 1. The molecule has 0 saturated carbocycles. The van der Waals surface area contributed by atoms with Gasteiger partial charge >= 0.3 is 5.97 Å². The molecular weight excluding hydrogens is 300 g/mol. The monoisotopic (exact) mass is 310 g/mol. The standard InChI is InChI=1S/C13H10N2O3S.ClH/c1-19-12-6-15(7-14-12)9-3-2-4-10-8(9)5-11(18-10)13(16)17;/h2-7H,1H3,(H,16,17);1H. The maximum Gasteiger partial charge on any atom is 0.371 e. The Balaban J connectivity index is 0.00000147. The molecule has 3 rings (SSSR count). The Bertz CT molecular complexity index is 766. The van der Waals surface area contributed by atoms with Gasteiger partial charge in [-0.3, -0.25) is 0 Å². The predicted molar refractivity (Wildman–Crippen MR) is 79.3 cm³/mol. The van der Waals surface area contributed by atoms with Crippen molar-refractivity contribution >= 4 is 41.1 Å². The number of aromatic carboxylic acids is 1. The average molecular weight is 311 g/mol. The number of aromatic nitrogens is 2. The number of benzene rings is 1. The van der Waals surface area contributed by atoms with E-state index in [1.54, 1.807) is 24.2 Å². The molecule has 2 aromatic heterocycles. The van der Waals surface area contributed by atoms with Crippen molar-refractivity contribution in [3.05, 3.63) is 42.5 Å². The molecule has 0 fully saturated rings. The van der Waals surface area contributed by atoms with Crippen LogP contribution in [0.25, 0.3) is 16.7 Å². The molecule has 0 atom stereocenters. The number of nitrogens with zero attached hydrogens (tertiary/aromatic N) is 2. The quantitative estimate of drug-likeness (QED) is 0.750. The van der Waals surface area contributed by atoms with Gasteiger partial charge in [0.25, 0.3) is 0 Å². The molecule has 0 bridgehead atoms. The third-order valence-corrected chi connectivity index (χ3v) is 3.42. The van der Waals surface area contributed by atoms with E-state index in [9.17, 15) is 4.79 Å². The highest BCUT2D eigenvalue weighted by molar-refractivity contribution is 7.98. The average Bonchev–Trinajstić information content (AvgIpc) is 3.04. The van der Waals surface area contributed by atoms with Crippen molar-refractivity contribution in [2.75, 3.05) is 6.26 Å². The third kappa shape index (κ3) is 2.39. The topological polar surface area (TPSA) is 68.3 Å². The van der Waals surface area contributed by atoms with Crippen LogP contribution < -0.4 is 0 Å². The minimum absolute atomic E-state index is 0. The molecule has 104 valence electrons. The molecule has 0 saturated heterocycles. The zero-order valence-corrected chi connectivity index (χ0v) is 12.1. The van der Waals surface area contributed by atoms with Gasteiger partial charge in [-0.1, -0.05) is 6.07 Å². The number of rotatable bonds is 3. The van der Waals surface area contributed by atoms with Crippen molar-refractivity contribution in [1.29, 1.82) is 0 Å². The van der Waals surface area contributed by atoms with Crippen LogP contribution in [-0.4, -0.2) is 26.9 Å². The third-order valence-electron chi connectivity index (χ3n) is 2.80. The largest absolute Gasteiger partial charge is 0.475 e. The second-order valence-electron chi connectivity index (χ2n) is 3.93. The number of hydrogen-bond donors (Lipinski definition) is 1. The molecular formula is C13H11ClN2O3S. The smallest absolute Gasteiger partial charge is 0.371 e. The summed E-state index contributed by atoms with van der Waals surface area (Å²) in [4.78, 5) is 15.2. The fourth-order valence-corrected chi connectivity index (χ4v) is 2.29. The van der Waals surface area contributed by atoms with E-state index in [1.807, 2.05) is 29.2 Å². The number of halogens is 1. The molecule has 0 unspecified atom stereocenters. The summed E-state index contributed by atoms with van der Waals surface area (Å²) in [5.41, 5.74) is 1.40. The lowest BCUT2D eigenvalue weighted by Gasteiger charge is -2.02. The van der Waals surface area contributed by atoms with E-state index in [0.29, 0.717) is 5.58 Å². The van der Waals surface area contributed by atoms with Crippen molar-refractivity contribution in [2.45, 2.75) is 5.03 Å². The lowest BCUT2D eigenvalue weighted by Crippen LogP contribution is -1.92. The SMILES string of the molecule is CSc1cn(-c2cccc3oc(C(=O)O)cc23)cn1.Cl. The molecule has 1 N–H and O–H groups in total. The molecule has 0 aliphatic carbocycles. The van der Waals surface area contributed by atoms with Crippen LogP contribution in [0.15, 0.2) is 46.2 Å². The summed E-state index contributed by atoms with van der Waals surface area (Å²) in [6.45, 7) is 0. The number of carboxylic acids is 1. The van der Waals surface area contributed by atoms with Gasteiger partial charge in [0.2, 0.25) is 5.76 Å². The zero-order chi connectivity index (χ0) is 13.4. The van der Waals surface area contributed by atoms with E-state index in [4.69, 9.17) is 9.52 Å². The molecule has 0 spiro atoms. The lowest BCUT2D eigenvalue weighted by molar-refractivity contribution is 0.0665. The minimum Gasteiger partial charge on any atom is -0.475 e. The van der Waals surface area contributed by atoms with Crippen LogP contribution in [-0.2, 0) is 0 Å². The van der Waals surface area contributed by atoms with Gasteiger partial charge in [0.1, 0.15) is 16.9 Å². The second kappa shape index (κ2) is 5.60. The zero-order valence-electron chi connectivity index (χ0n) is 10.4. The Labute approximate surface area is 125 Å². The first-order chi connectivity index (χ1) is 9.19. The Morgan fingerprint density at radius 2 is 2.25 bits per heavy atom. The van der Waals surface area contributed by atoms with Crippen LogP contribution in [0.1, 0.15) is 10.6 Å². The summed E-state index contributed by atoms with van der Waals surface area (Å²) >= 11 is 1.55. The maximum absolute atomic E-state index is 11.0. The van der Waals surface area contributed by atoms with Gasteiger partial charge < -0.3 is 14.1 Å². The summed E-state index contributed by atoms with van der Waals surface area (Å²) in [5.74, 6) is -1.13. The number of carbonyl (C=O) groups is 1. The van der Waals surface area contributed by atoms with Gasteiger partial charge in [-0.25, -0.2) is 9.78 Å². The van der Waals surface area contributed by atoms with Gasteiger partial charge in [-0.15, -0.1) is 24.2 Å². The molecule has 2 heterocycles. The Hall–Kier alpha value is -1.92. The summed E-state index contributed by atoms with van der Waals surface area (Å²) in [7, 11) is 0. The predicted octanol–water partition coefficient (Wildman–Crippen LogP) is 3.46. The maximum atomic E-state index is 11.0. The molecule has 0 radical (unpaired) electrons. The first-order valence-corrected chi connectivity index (χ1v) is 6.75. The van der Waals surface area contributed by atoms with E-state index in [0.717, 1.165) is 16.1 Å². The van der Waals surface area contributed by atoms with Gasteiger partial charge in [-0.2, -0.15) is 0 Å². The first kappa shape index (κ1) is 14.5. The fraction of sp³-hybridized carbons (Fsp3) is 0.0769. The van der Waals surface area contributed by atoms with Crippen LogP contribution >= 0.6 is 24.2 Å². The molecule has 0 amide bonds. The van der Waals surface area contributed by atoms with Crippen molar-refractivity contribution in [3.8, 4) is 5.69 Å². The fourth-order valence-electron chi connectivity index (χ4n) is 1.92. The highest BCUT2D eigenvalue weighted by Gasteiger charge is 2.13. The number of thioether (sulfide) groups is 1. The van der Waals surface area contributed by atoms with Gasteiger partial charge in [0.15, 0.2) is 0 Å². The molecule has 1 aromatic carbocycles. The van der Waals surface area contributed by atoms with Crippen molar-refractivity contribution < 1.29 is 14.3 Å². The highest BCUT2D eigenvalue weighted by atomic mass is 35.5. The van der Waals surface area contributed by atoms with E-state index in [-0.39, 0.29) is 18.2 Å². The summed E-state index contributed by atoms with van der Waals surface area (Å²) in [6.07, 6.45) is 5.55. The Kier molecular flexibility index (Phi) is 4.06. The van der Waals surface area contributed by atoms with Gasteiger partial charge in [0, 0.05) is 17.6 Å². The Morgan fingerprint density at radius 3 is 2.90 bits per heavy atom. The minimum atomic E-state index is -1.07. The van der Waals surface area contributed by atoms with Gasteiger partial charge in [0.05, 0.1) is 5.69 Å². The van der Waals surface area contributed by atoms with Crippen LogP contribution in [0.4, 0.5) is 0 Å². The van der Waals surface area contributed by atoms with E-state index >= 15 is 0 Å². The molecule has 5 nitrogen and oxygen atoms in total. The Morgan fingerprint density at radius 1 is 1.45 bits per heavy atom. The van der Waals surface area contributed by atoms with E-state index in [1.165, 1.54) is 6.07 Å². The van der Waals surface area contributed by atoms with E-state index < -0.39 is 5.97 Å². The van der Waals surface area contributed by atoms with E-state index in [2.05, 4.69) is 4.98 Å². The lowest BCUT2D eigenvalue weighted by atomic mass is 10.2. The van der Waals surface area contributed by atoms with Crippen LogP contribution in [0.2, 0.25) is 0 Å². The summed E-state index contributed by atoms with van der Waals surface area (Å²) in [6, 6.07) is 7.00. The van der Waals surface area contributed by atoms with Gasteiger partial charge in [-0.05, 0) is 18.4 Å². The number of furan rings is 1. The molecule has 7 heteroatoms. The molecule has 3 aromatic rings. The van der Waals surface area contributed by atoms with Crippen LogP contribution in [0, 0.1) is 0 Å². The van der Waals surface area contributed by atoms with Crippen molar-refractivity contribution in [1.82, 2.24) is 9.55 Å². The molecule has 0 aliphatic heterocycles. The summed E-state index contributed by atoms with van der Waals surface area (Å²) < 4.78 is 7.14. The molecule has 20 heavy (non-hydrogen) atoms. The number of fused-ring (bicyclic) bond motifs is 1. The van der Waals surface area contributed by atoms with Crippen LogP contribution in [0.3, 0.4) is 0 Å². The highest BCUT2D eigenvalue weighted by Crippen LogP contribution is 2.26. The molecule has 0 aliphatic rings. The number of hydrogen-bond acceptors (Lipinski definition) is 4.